The van der Waals surface area contributed by atoms with Gasteiger partial charge in [-0.15, -0.1) is 0 Å². The molecule has 0 saturated carbocycles. The predicted octanol–water partition coefficient (Wildman–Crippen LogP) is 6.45. The molecule has 6 nitrogen and oxygen atoms in total. The number of hydrogen-bond acceptors (Lipinski definition) is 2. The maximum atomic E-state index is 7.56. The van der Waals surface area contributed by atoms with Crippen LogP contribution < -0.4 is 0 Å². The minimum atomic E-state index is -3.81. The molecule has 35 heavy (non-hydrogen) atoms. The van der Waals surface area contributed by atoms with Gasteiger partial charge in [-0.2, -0.15) is 35.4 Å². The second-order valence-corrected chi connectivity index (χ2v) is 13.4. The summed E-state index contributed by atoms with van der Waals surface area (Å²) >= 11 is 7.21. The van der Waals surface area contributed by atoms with Crippen LogP contribution in [0.15, 0.2) is 18.2 Å². The van der Waals surface area contributed by atoms with E-state index in [2.05, 4.69) is 61.7 Å². The van der Waals surface area contributed by atoms with Gasteiger partial charge in [0.25, 0.3) is 0 Å². The van der Waals surface area contributed by atoms with Gasteiger partial charge in [0.15, 0.2) is 0 Å². The average molecular weight is 623 g/mol. The Morgan fingerprint density at radius 3 is 1.37 bits per heavy atom. The van der Waals surface area contributed by atoms with Crippen molar-refractivity contribution in [2.45, 2.75) is 117 Å². The zero-order chi connectivity index (χ0) is 26.3. The van der Waals surface area contributed by atoms with Gasteiger partial charge in [0, 0.05) is 19.5 Å². The summed E-state index contributed by atoms with van der Waals surface area (Å²) in [4.78, 5) is 45.3. The van der Waals surface area contributed by atoms with E-state index in [1.165, 1.54) is 108 Å². The molecule has 0 unspecified atom stereocenters. The van der Waals surface area contributed by atoms with Crippen molar-refractivity contribution in [3.8, 4) is 0 Å². The largest absolute Gasteiger partial charge is 0.325 e. The molecule has 0 bridgehead atoms. The summed E-state index contributed by atoms with van der Waals surface area (Å²) in [6, 6.07) is 10.1. The summed E-state index contributed by atoms with van der Waals surface area (Å²) in [7, 11) is 0. The van der Waals surface area contributed by atoms with E-state index in [0.717, 1.165) is 0 Å². The van der Waals surface area contributed by atoms with Crippen LogP contribution in [0.1, 0.15) is 115 Å². The van der Waals surface area contributed by atoms with Gasteiger partial charge in [-0.25, -0.2) is 0 Å². The number of unbranched alkanes of at least 4 members (excludes halogenated alkanes) is 12. The zero-order valence-corrected chi connectivity index (χ0v) is 28.0. The van der Waals surface area contributed by atoms with Gasteiger partial charge < -0.3 is 29.4 Å². The molecule has 0 spiro atoms. The van der Waals surface area contributed by atoms with Crippen LogP contribution in [0.2, 0.25) is 0 Å². The van der Waals surface area contributed by atoms with E-state index >= 15 is 0 Å². The number of hydrogen-bond donors (Lipinski definition) is 6. The Hall–Kier alpha value is 0.903. The predicted molar refractivity (Wildman–Crippen MR) is 151 cm³/mol. The van der Waals surface area contributed by atoms with Gasteiger partial charge in [-0.05, 0) is 23.6 Å². The topological polar surface area (TPSA) is 121 Å². The SMILES string of the molecule is CCCCCCCCCc1[c-]cccc1CCCCCCCCC.OP(O)(O)=S.OP(O)(O)=S.[Zn]. The Labute approximate surface area is 236 Å². The van der Waals surface area contributed by atoms with Crippen LogP contribution in [0.4, 0.5) is 0 Å². The summed E-state index contributed by atoms with van der Waals surface area (Å²) in [6.07, 6.45) is 22.1. The van der Waals surface area contributed by atoms with Crippen molar-refractivity contribution in [3.05, 3.63) is 35.4 Å². The molecule has 0 fully saturated rings. The van der Waals surface area contributed by atoms with Gasteiger partial charge in [0.1, 0.15) is 0 Å². The number of benzene rings is 1. The Bertz CT molecular complexity index is 612. The van der Waals surface area contributed by atoms with Crippen LogP contribution >= 0.6 is 13.4 Å². The summed E-state index contributed by atoms with van der Waals surface area (Å²) in [5.74, 6) is 0. The van der Waals surface area contributed by atoms with E-state index < -0.39 is 13.4 Å². The van der Waals surface area contributed by atoms with Crippen LogP contribution in [0.3, 0.4) is 0 Å². The molecule has 0 radical (unpaired) electrons. The van der Waals surface area contributed by atoms with Gasteiger partial charge in [-0.3, -0.25) is 0 Å². The smallest absolute Gasteiger partial charge is 0.319 e. The first kappa shape index (κ1) is 40.4. The van der Waals surface area contributed by atoms with Crippen molar-refractivity contribution in [2.75, 3.05) is 0 Å². The molecule has 0 atom stereocenters. The zero-order valence-electron chi connectivity index (χ0n) is 21.6. The first-order valence-corrected chi connectivity index (χ1v) is 17.8. The average Bonchev–Trinajstić information content (AvgIpc) is 2.71. The van der Waals surface area contributed by atoms with Crippen LogP contribution in [-0.2, 0) is 55.9 Å². The molecule has 6 N–H and O–H groups in total. The van der Waals surface area contributed by atoms with Crippen molar-refractivity contribution in [1.82, 2.24) is 0 Å². The van der Waals surface area contributed by atoms with Gasteiger partial charge in [-0.1, -0.05) is 117 Å². The second kappa shape index (κ2) is 26.5. The van der Waals surface area contributed by atoms with Crippen LogP contribution in [-0.4, -0.2) is 29.4 Å². The number of rotatable bonds is 16. The van der Waals surface area contributed by atoms with E-state index in [0.29, 0.717) is 0 Å². The Kier molecular flexibility index (Phi) is 30.6. The molecule has 0 aliphatic carbocycles. The fourth-order valence-corrected chi connectivity index (χ4v) is 3.50. The minimum Gasteiger partial charge on any atom is -0.325 e. The fourth-order valence-electron chi connectivity index (χ4n) is 3.50. The van der Waals surface area contributed by atoms with Crippen molar-refractivity contribution in [3.63, 3.8) is 0 Å². The van der Waals surface area contributed by atoms with E-state index in [9.17, 15) is 0 Å². The first-order valence-electron chi connectivity index (χ1n) is 12.4. The molecule has 0 amide bonds. The molecule has 1 rings (SSSR count). The van der Waals surface area contributed by atoms with Gasteiger partial charge in [0.05, 0.1) is 0 Å². The monoisotopic (exact) mass is 621 g/mol. The normalized spacial score (nSPS) is 11.0. The van der Waals surface area contributed by atoms with Crippen LogP contribution in [0, 0.1) is 6.07 Å². The molecule has 1 aromatic carbocycles. The number of aryl methyl sites for hydroxylation is 2. The minimum absolute atomic E-state index is 0. The first-order chi connectivity index (χ1) is 15.9. The van der Waals surface area contributed by atoms with Crippen molar-refractivity contribution in [1.29, 1.82) is 0 Å². The van der Waals surface area contributed by atoms with E-state index in [4.69, 9.17) is 29.4 Å². The molecule has 204 valence electrons. The summed E-state index contributed by atoms with van der Waals surface area (Å²) in [5.41, 5.74) is 3.06. The van der Waals surface area contributed by atoms with Crippen LogP contribution in [0.5, 0.6) is 0 Å². The third-order valence-electron chi connectivity index (χ3n) is 5.12. The molecule has 0 saturated heterocycles. The fraction of sp³-hybridized carbons (Fsp3) is 0.750. The van der Waals surface area contributed by atoms with Crippen molar-refractivity contribution in [2.24, 2.45) is 0 Å². The van der Waals surface area contributed by atoms with Crippen LogP contribution in [0.25, 0.3) is 0 Å². The van der Waals surface area contributed by atoms with Gasteiger partial charge >= 0.3 is 13.4 Å². The Morgan fingerprint density at radius 1 is 0.629 bits per heavy atom. The summed E-state index contributed by atoms with van der Waals surface area (Å²) < 4.78 is 0. The Balaban J connectivity index is -0.000000784. The van der Waals surface area contributed by atoms with Crippen molar-refractivity contribution >= 4 is 37.1 Å². The standard InChI is InChI=1S/C24H41.2H3O3PS.Zn/c1-3-5-7-9-11-13-15-19-23-21-17-18-22-24(23)20-16-14-12-10-8-6-4-2;2*1-4(2,3)5;/h17-18,21H,3-16,19-20H2,1-2H3;2*(H3,1,2,3,5);/q-1;;;. The Morgan fingerprint density at radius 2 is 0.971 bits per heavy atom. The quantitative estimate of drug-likeness (QED) is 0.0539. The molecule has 0 aromatic heterocycles. The molecular weight excluding hydrogens is 576 g/mol. The van der Waals surface area contributed by atoms with Crippen molar-refractivity contribution < 1.29 is 48.8 Å². The molecule has 0 aliphatic heterocycles. The molecule has 11 heteroatoms. The van der Waals surface area contributed by atoms with E-state index in [1.54, 1.807) is 5.56 Å². The maximum absolute atomic E-state index is 7.56. The van der Waals surface area contributed by atoms with Gasteiger partial charge in [0.2, 0.25) is 0 Å². The summed E-state index contributed by atoms with van der Waals surface area (Å²) in [6.45, 7) is -3.03. The maximum Gasteiger partial charge on any atom is 0.319 e. The van der Waals surface area contributed by atoms with E-state index in [1.807, 2.05) is 0 Å². The molecule has 0 heterocycles. The third-order valence-corrected chi connectivity index (χ3v) is 5.12. The second-order valence-electron chi connectivity index (χ2n) is 8.44. The third kappa shape index (κ3) is 42.3. The molecule has 0 aliphatic rings. The molecule has 1 aromatic rings. The summed E-state index contributed by atoms with van der Waals surface area (Å²) in [5, 5.41) is 0. The molecular formula is C24H47O6P2S2Zn-. The van der Waals surface area contributed by atoms with E-state index in [-0.39, 0.29) is 19.5 Å².